The van der Waals surface area contributed by atoms with Crippen molar-refractivity contribution in [1.29, 1.82) is 0 Å². The van der Waals surface area contributed by atoms with E-state index in [1.54, 1.807) is 10.7 Å². The molecule has 0 unspecified atom stereocenters. The van der Waals surface area contributed by atoms with Crippen LogP contribution in [0.3, 0.4) is 0 Å². The Bertz CT molecular complexity index is 799. The molecular weight excluding hydrogens is 367 g/mol. The zero-order valence-electron chi connectivity index (χ0n) is 16.9. The van der Waals surface area contributed by atoms with E-state index in [-0.39, 0.29) is 5.54 Å². The molecule has 2 heterocycles. The fourth-order valence-corrected chi connectivity index (χ4v) is 3.81. The Labute approximate surface area is 163 Å². The first-order chi connectivity index (χ1) is 13.1. The molecule has 1 fully saturated rings. The van der Waals surface area contributed by atoms with Gasteiger partial charge in [0.05, 0.1) is 17.1 Å². The van der Waals surface area contributed by atoms with Gasteiger partial charge in [-0.05, 0) is 73.7 Å². The normalized spacial score (nSPS) is 20.3. The minimum absolute atomic E-state index is 0.333. The molecule has 0 aliphatic carbocycles. The van der Waals surface area contributed by atoms with Gasteiger partial charge in [-0.25, -0.2) is 4.68 Å². The van der Waals surface area contributed by atoms with Gasteiger partial charge in [0.15, 0.2) is 5.82 Å². The smallest absolute Gasteiger partial charge is 0.289 e. The van der Waals surface area contributed by atoms with E-state index in [0.717, 1.165) is 38.4 Å². The third-order valence-electron chi connectivity index (χ3n) is 5.76. The molecule has 0 amide bonds. The SMILES string of the molecule is CCC(C)(C)n1nnnc1[C@@H](c1cccc(C(F)(F)F)c1)N1CCC[C@H](C)C1. The van der Waals surface area contributed by atoms with Crippen LogP contribution in [0.1, 0.15) is 70.0 Å². The molecule has 154 valence electrons. The summed E-state index contributed by atoms with van der Waals surface area (Å²) in [6, 6.07) is 5.15. The Morgan fingerprint density at radius 3 is 2.64 bits per heavy atom. The number of hydrogen-bond acceptors (Lipinski definition) is 4. The monoisotopic (exact) mass is 395 g/mol. The molecule has 3 rings (SSSR count). The Morgan fingerprint density at radius 1 is 1.25 bits per heavy atom. The topological polar surface area (TPSA) is 46.8 Å². The summed E-state index contributed by atoms with van der Waals surface area (Å²) in [5.74, 6) is 1.07. The number of nitrogens with zero attached hydrogens (tertiary/aromatic N) is 5. The molecule has 28 heavy (non-hydrogen) atoms. The molecule has 0 saturated carbocycles. The van der Waals surface area contributed by atoms with E-state index in [1.165, 1.54) is 12.1 Å². The number of likely N-dealkylation sites (tertiary alicyclic amines) is 1. The Balaban J connectivity index is 2.11. The summed E-state index contributed by atoms with van der Waals surface area (Å²) in [6.07, 6.45) is -1.45. The lowest BCUT2D eigenvalue weighted by Gasteiger charge is -2.38. The number of hydrogen-bond donors (Lipinski definition) is 0. The fraction of sp³-hybridized carbons (Fsp3) is 0.650. The molecule has 0 spiro atoms. The molecule has 0 bridgehead atoms. The number of tetrazole rings is 1. The van der Waals surface area contributed by atoms with E-state index >= 15 is 0 Å². The van der Waals surface area contributed by atoms with Gasteiger partial charge < -0.3 is 0 Å². The minimum Gasteiger partial charge on any atom is -0.289 e. The van der Waals surface area contributed by atoms with E-state index in [4.69, 9.17) is 0 Å². The van der Waals surface area contributed by atoms with Crippen molar-refractivity contribution in [2.45, 2.75) is 64.7 Å². The van der Waals surface area contributed by atoms with Crippen molar-refractivity contribution in [2.75, 3.05) is 13.1 Å². The van der Waals surface area contributed by atoms with E-state index in [1.807, 2.05) is 20.8 Å². The molecular formula is C20H28F3N5. The lowest BCUT2D eigenvalue weighted by molar-refractivity contribution is -0.137. The first-order valence-corrected chi connectivity index (χ1v) is 9.83. The fourth-order valence-electron chi connectivity index (χ4n) is 3.81. The van der Waals surface area contributed by atoms with Crippen LogP contribution < -0.4 is 0 Å². The van der Waals surface area contributed by atoms with Crippen molar-refractivity contribution < 1.29 is 13.2 Å². The molecule has 2 aromatic rings. The quantitative estimate of drug-likeness (QED) is 0.739. The predicted octanol–water partition coefficient (Wildman–Crippen LogP) is 4.66. The number of aromatic nitrogens is 4. The van der Waals surface area contributed by atoms with Crippen LogP contribution in [-0.2, 0) is 11.7 Å². The number of alkyl halides is 3. The van der Waals surface area contributed by atoms with Crippen LogP contribution in [0.5, 0.6) is 0 Å². The lowest BCUT2D eigenvalue weighted by atomic mass is 9.94. The molecule has 1 aliphatic heterocycles. The second-order valence-corrected chi connectivity index (χ2v) is 8.38. The average molecular weight is 395 g/mol. The van der Waals surface area contributed by atoms with Gasteiger partial charge in [0, 0.05) is 6.54 Å². The zero-order valence-corrected chi connectivity index (χ0v) is 16.9. The second-order valence-electron chi connectivity index (χ2n) is 8.38. The molecule has 0 N–H and O–H groups in total. The van der Waals surface area contributed by atoms with Crippen molar-refractivity contribution in [1.82, 2.24) is 25.1 Å². The van der Waals surface area contributed by atoms with Gasteiger partial charge in [-0.15, -0.1) is 5.10 Å². The van der Waals surface area contributed by atoms with Crippen LogP contribution in [-0.4, -0.2) is 38.2 Å². The van der Waals surface area contributed by atoms with Crippen molar-refractivity contribution in [3.63, 3.8) is 0 Å². The van der Waals surface area contributed by atoms with Crippen LogP contribution >= 0.6 is 0 Å². The molecule has 2 atom stereocenters. The summed E-state index contributed by atoms with van der Waals surface area (Å²) >= 11 is 0. The molecule has 1 aliphatic rings. The summed E-state index contributed by atoms with van der Waals surface area (Å²) < 4.78 is 41.8. The van der Waals surface area contributed by atoms with Crippen molar-refractivity contribution in [2.24, 2.45) is 5.92 Å². The first-order valence-electron chi connectivity index (χ1n) is 9.83. The zero-order chi connectivity index (χ0) is 20.5. The van der Waals surface area contributed by atoms with E-state index < -0.39 is 17.8 Å². The number of rotatable bonds is 5. The van der Waals surface area contributed by atoms with Gasteiger partial charge in [0.2, 0.25) is 0 Å². The lowest BCUT2D eigenvalue weighted by Crippen LogP contribution is -2.41. The number of piperidine rings is 1. The van der Waals surface area contributed by atoms with Crippen molar-refractivity contribution in [3.8, 4) is 0 Å². The van der Waals surface area contributed by atoms with Gasteiger partial charge in [-0.1, -0.05) is 26.0 Å². The van der Waals surface area contributed by atoms with Crippen molar-refractivity contribution in [3.05, 3.63) is 41.2 Å². The maximum atomic E-state index is 13.3. The summed E-state index contributed by atoms with van der Waals surface area (Å²) in [7, 11) is 0. The van der Waals surface area contributed by atoms with Crippen LogP contribution in [0.15, 0.2) is 24.3 Å². The van der Waals surface area contributed by atoms with Crippen molar-refractivity contribution >= 4 is 0 Å². The summed E-state index contributed by atoms with van der Waals surface area (Å²) in [5.41, 5.74) is -0.402. The Morgan fingerprint density at radius 2 is 2.00 bits per heavy atom. The molecule has 0 radical (unpaired) electrons. The highest BCUT2D eigenvalue weighted by atomic mass is 19.4. The average Bonchev–Trinajstić information content (AvgIpc) is 3.12. The summed E-state index contributed by atoms with van der Waals surface area (Å²) in [4.78, 5) is 2.22. The summed E-state index contributed by atoms with van der Waals surface area (Å²) in [6.45, 7) is 9.91. The molecule has 1 aromatic carbocycles. The first kappa shape index (κ1) is 20.8. The van der Waals surface area contributed by atoms with E-state index in [0.29, 0.717) is 17.3 Å². The Hall–Kier alpha value is -1.96. The molecule has 1 saturated heterocycles. The maximum Gasteiger partial charge on any atom is 0.416 e. The van der Waals surface area contributed by atoms with Gasteiger partial charge in [0.25, 0.3) is 0 Å². The molecule has 5 nitrogen and oxygen atoms in total. The van der Waals surface area contributed by atoms with Crippen LogP contribution in [0, 0.1) is 5.92 Å². The maximum absolute atomic E-state index is 13.3. The van der Waals surface area contributed by atoms with Crippen LogP contribution in [0.2, 0.25) is 0 Å². The van der Waals surface area contributed by atoms with Gasteiger partial charge >= 0.3 is 6.18 Å². The third-order valence-corrected chi connectivity index (χ3v) is 5.76. The van der Waals surface area contributed by atoms with E-state index in [9.17, 15) is 13.2 Å². The standard InChI is InChI=1S/C20H28F3N5/c1-5-19(3,4)28-18(24-25-26-28)17(27-11-7-8-14(2)13-27)15-9-6-10-16(12-15)20(21,22)23/h6,9-10,12,14,17H,5,7-8,11,13H2,1-4H3/t14-,17+/m0/s1. The Kier molecular flexibility index (Phi) is 5.79. The van der Waals surface area contributed by atoms with E-state index in [2.05, 4.69) is 27.3 Å². The predicted molar refractivity (Wildman–Crippen MR) is 101 cm³/mol. The van der Waals surface area contributed by atoms with Gasteiger partial charge in [-0.3, -0.25) is 4.90 Å². The number of halogens is 3. The second kappa shape index (κ2) is 7.81. The van der Waals surface area contributed by atoms with Crippen LogP contribution in [0.4, 0.5) is 13.2 Å². The largest absolute Gasteiger partial charge is 0.416 e. The highest BCUT2D eigenvalue weighted by molar-refractivity contribution is 5.31. The minimum atomic E-state index is -4.38. The molecule has 1 aromatic heterocycles. The van der Waals surface area contributed by atoms with Gasteiger partial charge in [0.1, 0.15) is 0 Å². The highest BCUT2D eigenvalue weighted by Crippen LogP contribution is 2.36. The van der Waals surface area contributed by atoms with Gasteiger partial charge in [-0.2, -0.15) is 13.2 Å². The third kappa shape index (κ3) is 4.21. The molecule has 8 heteroatoms. The number of benzene rings is 1. The highest BCUT2D eigenvalue weighted by Gasteiger charge is 2.36. The summed E-state index contributed by atoms with van der Waals surface area (Å²) in [5, 5.41) is 12.4. The van der Waals surface area contributed by atoms with Crippen LogP contribution in [0.25, 0.3) is 0 Å².